The van der Waals surface area contributed by atoms with Crippen LogP contribution in [0.2, 0.25) is 5.82 Å². The van der Waals surface area contributed by atoms with E-state index in [1.165, 1.54) is 44.9 Å². The van der Waals surface area contributed by atoms with Crippen LogP contribution in [0.3, 0.4) is 0 Å². The molecule has 0 aliphatic carbocycles. The van der Waals surface area contributed by atoms with Gasteiger partial charge in [-0.25, -0.2) is 0 Å². The van der Waals surface area contributed by atoms with Crippen molar-refractivity contribution in [2.75, 3.05) is 9.62 Å². The van der Waals surface area contributed by atoms with E-state index in [-0.39, 0.29) is 29.0 Å². The van der Waals surface area contributed by atoms with Crippen molar-refractivity contribution in [2.24, 2.45) is 4.99 Å². The van der Waals surface area contributed by atoms with Gasteiger partial charge in [0.2, 0.25) is 0 Å². The van der Waals surface area contributed by atoms with Crippen LogP contribution in [-0.4, -0.2) is 12.7 Å². The Labute approximate surface area is 212 Å². The quantitative estimate of drug-likeness (QED) is 0.399. The highest BCUT2D eigenvalue weighted by Crippen LogP contribution is 2.49. The van der Waals surface area contributed by atoms with Gasteiger partial charge in [0, 0.05) is 41.4 Å². The fraction of sp³-hybridized carbons (Fsp3) is 0.452. The number of hydrogen-bond acceptors (Lipinski definition) is 3. The molecule has 1 unspecified atom stereocenters. The molecule has 0 saturated heterocycles. The summed E-state index contributed by atoms with van der Waals surface area (Å²) in [7, 11) is 0. The Morgan fingerprint density at radius 1 is 0.800 bits per heavy atom. The lowest BCUT2D eigenvalue weighted by Gasteiger charge is -2.42. The summed E-state index contributed by atoms with van der Waals surface area (Å²) in [5.41, 5.74) is 10.7. The molecule has 0 radical (unpaired) electrons. The zero-order chi connectivity index (χ0) is 25.5. The molecule has 0 spiro atoms. The molecule has 0 bridgehead atoms. The number of hydrogen-bond donors (Lipinski definition) is 0. The summed E-state index contributed by atoms with van der Waals surface area (Å²) in [5, 5.41) is 0. The first-order chi connectivity index (χ1) is 16.2. The van der Waals surface area contributed by atoms with Crippen LogP contribution in [0.4, 0.5) is 11.4 Å². The second-order valence-electron chi connectivity index (χ2n) is 13.5. The molecule has 3 heterocycles. The molecular formula is C31H40BN3. The summed E-state index contributed by atoms with van der Waals surface area (Å²) in [6.07, 6.45) is 8.89. The van der Waals surface area contributed by atoms with Gasteiger partial charge in [-0.1, -0.05) is 92.7 Å². The standard InChI is InChI=1S/C31H40BN3/c1-20-12-11-13-25-26(20)27-24(14-15-33-27)32-34(25)16-17-35(32)28-22(30(5,6)7)18-21(29(2,3)4)19-23(28)31(8,9)10/h11-19,24H,1-10H3. The number of allylic oxidation sites excluding steroid dienone is 1. The fourth-order valence-electron chi connectivity index (χ4n) is 5.78. The van der Waals surface area contributed by atoms with Gasteiger partial charge in [-0.15, -0.1) is 0 Å². The van der Waals surface area contributed by atoms with Crippen molar-refractivity contribution < 1.29 is 0 Å². The highest BCUT2D eigenvalue weighted by molar-refractivity contribution is 6.77. The minimum atomic E-state index is 0.00342. The average molecular weight is 465 g/mol. The SMILES string of the molecule is Cc1cccc2c1C1=NC=CC1B1N2C=CN1c1c(C(C)(C)C)cc(C(C)(C)C)cc1C(C)(C)C. The molecule has 0 amide bonds. The van der Waals surface area contributed by atoms with Crippen LogP contribution in [0.1, 0.15) is 90.1 Å². The van der Waals surface area contributed by atoms with E-state index in [1.807, 2.05) is 6.20 Å². The first-order valence-corrected chi connectivity index (χ1v) is 13.0. The maximum Gasteiger partial charge on any atom is 0.397 e. The van der Waals surface area contributed by atoms with Crippen molar-refractivity contribution in [3.63, 3.8) is 0 Å². The molecule has 5 rings (SSSR count). The van der Waals surface area contributed by atoms with Gasteiger partial charge in [0.1, 0.15) is 0 Å². The van der Waals surface area contributed by atoms with E-state index in [0.29, 0.717) is 0 Å². The van der Waals surface area contributed by atoms with E-state index in [2.05, 4.69) is 128 Å². The molecule has 35 heavy (non-hydrogen) atoms. The molecule has 1 atom stereocenters. The molecule has 4 heteroatoms. The molecule has 2 aromatic rings. The number of nitrogens with zero attached hydrogens (tertiary/aromatic N) is 3. The smallest absolute Gasteiger partial charge is 0.369 e. The third-order valence-electron chi connectivity index (χ3n) is 7.74. The first-order valence-electron chi connectivity index (χ1n) is 13.0. The Morgan fingerprint density at radius 3 is 1.97 bits per heavy atom. The van der Waals surface area contributed by atoms with Crippen LogP contribution in [0.5, 0.6) is 0 Å². The fourth-order valence-corrected chi connectivity index (χ4v) is 5.78. The summed E-state index contributed by atoms with van der Waals surface area (Å²) >= 11 is 0. The molecule has 3 nitrogen and oxygen atoms in total. The highest BCUT2D eigenvalue weighted by Gasteiger charge is 2.50. The Bertz CT molecular complexity index is 1240. The summed E-state index contributed by atoms with van der Waals surface area (Å²) in [6.45, 7) is 23.4. The Kier molecular flexibility index (Phi) is 5.22. The maximum absolute atomic E-state index is 4.89. The normalized spacial score (nSPS) is 19.2. The van der Waals surface area contributed by atoms with E-state index in [1.54, 1.807) is 0 Å². The van der Waals surface area contributed by atoms with E-state index in [0.717, 1.165) is 0 Å². The molecule has 0 aromatic heterocycles. The Hall–Kier alpha value is -2.75. The van der Waals surface area contributed by atoms with E-state index in [9.17, 15) is 0 Å². The van der Waals surface area contributed by atoms with Crippen LogP contribution in [0.25, 0.3) is 0 Å². The predicted molar refractivity (Wildman–Crippen MR) is 153 cm³/mol. The van der Waals surface area contributed by atoms with Crippen molar-refractivity contribution in [3.05, 3.63) is 82.8 Å². The van der Waals surface area contributed by atoms with Gasteiger partial charge in [-0.3, -0.25) is 4.99 Å². The lowest BCUT2D eigenvalue weighted by molar-refractivity contribution is 0.550. The van der Waals surface area contributed by atoms with Gasteiger partial charge >= 0.3 is 6.98 Å². The predicted octanol–water partition coefficient (Wildman–Crippen LogP) is 7.87. The minimum Gasteiger partial charge on any atom is -0.369 e. The molecule has 0 saturated carbocycles. The number of benzene rings is 2. The summed E-state index contributed by atoms with van der Waals surface area (Å²) in [4.78, 5) is 9.91. The number of rotatable bonds is 1. The van der Waals surface area contributed by atoms with Crippen molar-refractivity contribution >= 4 is 24.1 Å². The lowest BCUT2D eigenvalue weighted by atomic mass is 9.53. The number of anilines is 2. The zero-order valence-electron chi connectivity index (χ0n) is 23.2. The van der Waals surface area contributed by atoms with Gasteiger partial charge in [0.05, 0.1) is 5.71 Å². The maximum atomic E-state index is 4.89. The van der Waals surface area contributed by atoms with Crippen molar-refractivity contribution in [1.29, 1.82) is 0 Å². The molecule has 0 fully saturated rings. The Balaban J connectivity index is 1.77. The second-order valence-corrected chi connectivity index (χ2v) is 13.5. The van der Waals surface area contributed by atoms with E-state index in [4.69, 9.17) is 4.99 Å². The lowest BCUT2D eigenvalue weighted by Crippen LogP contribution is -2.53. The third kappa shape index (κ3) is 3.77. The van der Waals surface area contributed by atoms with Crippen molar-refractivity contribution in [3.8, 4) is 0 Å². The average Bonchev–Trinajstić information content (AvgIpc) is 3.38. The largest absolute Gasteiger partial charge is 0.397 e. The van der Waals surface area contributed by atoms with Crippen LogP contribution in [-0.2, 0) is 16.2 Å². The molecular weight excluding hydrogens is 425 g/mol. The van der Waals surface area contributed by atoms with Crippen LogP contribution in [0, 0.1) is 6.92 Å². The van der Waals surface area contributed by atoms with Gasteiger partial charge in [0.25, 0.3) is 0 Å². The molecule has 3 aliphatic rings. The molecule has 2 aromatic carbocycles. The summed E-state index contributed by atoms with van der Waals surface area (Å²) in [5.74, 6) is 0.224. The third-order valence-corrected chi connectivity index (χ3v) is 7.74. The number of fused-ring (bicyclic) bond motifs is 6. The monoisotopic (exact) mass is 465 g/mol. The van der Waals surface area contributed by atoms with Gasteiger partial charge in [-0.2, -0.15) is 0 Å². The Morgan fingerprint density at radius 2 is 1.40 bits per heavy atom. The van der Waals surface area contributed by atoms with Gasteiger partial charge in [0.15, 0.2) is 0 Å². The van der Waals surface area contributed by atoms with Crippen LogP contribution < -0.4 is 9.62 Å². The molecule has 0 N–H and O–H groups in total. The molecule has 3 aliphatic heterocycles. The topological polar surface area (TPSA) is 18.8 Å². The minimum absolute atomic E-state index is 0.00342. The number of aliphatic imine (C=N–C) groups is 1. The first kappa shape index (κ1) is 24.0. The molecule has 182 valence electrons. The van der Waals surface area contributed by atoms with E-state index < -0.39 is 0 Å². The zero-order valence-corrected chi connectivity index (χ0v) is 23.2. The van der Waals surface area contributed by atoms with Crippen molar-refractivity contribution in [1.82, 2.24) is 0 Å². The highest BCUT2D eigenvalue weighted by atomic mass is 15.3. The summed E-state index contributed by atoms with van der Waals surface area (Å²) in [6, 6.07) is 11.6. The second kappa shape index (κ2) is 7.62. The van der Waals surface area contributed by atoms with Crippen molar-refractivity contribution in [2.45, 2.75) is 91.3 Å². The van der Waals surface area contributed by atoms with Gasteiger partial charge < -0.3 is 9.62 Å². The van der Waals surface area contributed by atoms with Crippen LogP contribution >= 0.6 is 0 Å². The van der Waals surface area contributed by atoms with Crippen LogP contribution in [0.15, 0.2) is 60.0 Å². The number of aryl methyl sites for hydroxylation is 1. The van der Waals surface area contributed by atoms with E-state index >= 15 is 0 Å². The summed E-state index contributed by atoms with van der Waals surface area (Å²) < 4.78 is 0. The van der Waals surface area contributed by atoms with Gasteiger partial charge in [-0.05, 0) is 51.5 Å².